The number of hydrogen-bond donors (Lipinski definition) is 0. The van der Waals surface area contributed by atoms with Gasteiger partial charge in [-0.3, -0.25) is 0 Å². The van der Waals surface area contributed by atoms with Crippen LogP contribution in [0.2, 0.25) is 0 Å². The van der Waals surface area contributed by atoms with Crippen LogP contribution < -0.4 is 4.90 Å². The average Bonchev–Trinajstić information content (AvgIpc) is 3.12. The third-order valence-electron chi connectivity index (χ3n) is 6.10. The number of morpholine rings is 1. The van der Waals surface area contributed by atoms with E-state index in [0.29, 0.717) is 11.5 Å². The zero-order valence-electron chi connectivity index (χ0n) is 21.4. The Morgan fingerprint density at radius 2 is 2.00 bits per heavy atom. The molecular formula is C27H36ClFN6O. The van der Waals surface area contributed by atoms with Gasteiger partial charge in [-0.15, -0.1) is 0 Å². The Morgan fingerprint density at radius 1 is 1.22 bits per heavy atom. The van der Waals surface area contributed by atoms with Gasteiger partial charge >= 0.3 is 0 Å². The van der Waals surface area contributed by atoms with E-state index in [1.165, 1.54) is 6.08 Å². The van der Waals surface area contributed by atoms with Crippen LogP contribution in [0.5, 0.6) is 0 Å². The largest absolute Gasteiger partial charge is 0.379 e. The molecule has 0 N–H and O–H groups in total. The molecule has 2 aliphatic heterocycles. The minimum atomic E-state index is -0.160. The number of aromatic nitrogens is 2. The number of piperazine rings is 1. The highest BCUT2D eigenvalue weighted by Gasteiger charge is 2.27. The number of aliphatic imine (C=N–C) groups is 1. The monoisotopic (exact) mass is 514 g/mol. The van der Waals surface area contributed by atoms with Gasteiger partial charge in [0.15, 0.2) is 0 Å². The van der Waals surface area contributed by atoms with E-state index >= 15 is 0 Å². The van der Waals surface area contributed by atoms with E-state index in [1.807, 2.05) is 19.1 Å². The molecule has 4 rings (SSSR count). The Labute approximate surface area is 219 Å². The van der Waals surface area contributed by atoms with Crippen LogP contribution in [0.1, 0.15) is 26.0 Å². The molecule has 9 heteroatoms. The molecule has 2 fully saturated rings. The van der Waals surface area contributed by atoms with Crippen molar-refractivity contribution in [1.29, 1.82) is 0 Å². The summed E-state index contributed by atoms with van der Waals surface area (Å²) in [6.45, 7) is 14.1. The smallest absolute Gasteiger partial charge is 0.147 e. The van der Waals surface area contributed by atoms with Crippen molar-refractivity contribution in [3.05, 3.63) is 71.7 Å². The summed E-state index contributed by atoms with van der Waals surface area (Å²) in [7, 11) is 2.11. The normalized spacial score (nSPS) is 21.8. The van der Waals surface area contributed by atoms with Crippen LogP contribution in [0.3, 0.4) is 0 Å². The van der Waals surface area contributed by atoms with Crippen molar-refractivity contribution in [3.8, 4) is 0 Å². The third kappa shape index (κ3) is 7.85. The molecule has 1 aliphatic carbocycles. The van der Waals surface area contributed by atoms with E-state index in [2.05, 4.69) is 50.2 Å². The number of nitrogens with zero attached hydrogens (tertiary/aromatic N) is 6. The lowest BCUT2D eigenvalue weighted by atomic mass is 10.1. The number of anilines is 1. The number of allylic oxidation sites excluding steroid dienone is 8. The van der Waals surface area contributed by atoms with Gasteiger partial charge in [0, 0.05) is 63.0 Å². The number of halogens is 2. The molecule has 7 nitrogen and oxygen atoms in total. The summed E-state index contributed by atoms with van der Waals surface area (Å²) in [6, 6.07) is 2.15. The molecule has 1 aromatic heterocycles. The summed E-state index contributed by atoms with van der Waals surface area (Å²) >= 11 is 6.30. The predicted molar refractivity (Wildman–Crippen MR) is 147 cm³/mol. The van der Waals surface area contributed by atoms with Crippen molar-refractivity contribution in [2.24, 2.45) is 4.99 Å². The first kappa shape index (κ1) is 27.8. The lowest BCUT2D eigenvalue weighted by Gasteiger charge is -2.41. The fourth-order valence-electron chi connectivity index (χ4n) is 4.09. The van der Waals surface area contributed by atoms with Gasteiger partial charge in [-0.05, 0) is 33.0 Å². The van der Waals surface area contributed by atoms with Crippen LogP contribution >= 0.6 is 11.6 Å². The second kappa shape index (κ2) is 14.1. The molecule has 194 valence electrons. The summed E-state index contributed by atoms with van der Waals surface area (Å²) in [5, 5.41) is 0.542. The first-order chi connectivity index (χ1) is 17.4. The molecule has 0 bridgehead atoms. The second-order valence-corrected chi connectivity index (χ2v) is 9.18. The summed E-state index contributed by atoms with van der Waals surface area (Å²) in [5.41, 5.74) is 1.64. The standard InChI is InChI=1S/C22H25ClFN5.C5H11NO/c1-4-19(23)22(25-5-2)28-11-12-29(16(3)14-28)21-13-20(26-15-27-21)17-7-6-8-18(24)10-9-17;1-6-2-4-7-5-3-6/h4-7,9-10,13,15-16H,1,8,11-12,14H2,2-3H3;2-5H2,1H3/b22-19-,25-5-;. The number of ether oxygens (including phenoxy) is 1. The predicted octanol–water partition coefficient (Wildman–Crippen LogP) is 4.82. The lowest BCUT2D eigenvalue weighted by molar-refractivity contribution is 0.0503. The maximum Gasteiger partial charge on any atom is 0.147 e. The lowest BCUT2D eigenvalue weighted by Crippen LogP contribution is -2.51. The average molecular weight is 515 g/mol. The number of likely N-dealkylation sites (N-methyl/N-ethyl adjacent to an activating group) is 1. The molecule has 0 amide bonds. The fourth-order valence-corrected chi connectivity index (χ4v) is 4.26. The maximum absolute atomic E-state index is 13.5. The Balaban J connectivity index is 0.000000444. The molecule has 0 radical (unpaired) electrons. The Morgan fingerprint density at radius 3 is 2.64 bits per heavy atom. The molecule has 0 spiro atoms. The summed E-state index contributed by atoms with van der Waals surface area (Å²) < 4.78 is 18.6. The summed E-state index contributed by atoms with van der Waals surface area (Å²) in [6.07, 6.45) is 12.2. The molecule has 1 atom stereocenters. The Kier molecular flexibility index (Phi) is 10.8. The van der Waals surface area contributed by atoms with Gasteiger partial charge in [0.05, 0.1) is 23.9 Å². The van der Waals surface area contributed by atoms with Crippen molar-refractivity contribution >= 4 is 29.2 Å². The van der Waals surface area contributed by atoms with Gasteiger partial charge in [0.25, 0.3) is 0 Å². The van der Waals surface area contributed by atoms with E-state index < -0.39 is 0 Å². The van der Waals surface area contributed by atoms with Crippen molar-refractivity contribution in [1.82, 2.24) is 19.8 Å². The van der Waals surface area contributed by atoms with E-state index in [0.717, 1.165) is 68.8 Å². The minimum absolute atomic E-state index is 0.160. The van der Waals surface area contributed by atoms with Crippen molar-refractivity contribution < 1.29 is 9.13 Å². The topological polar surface area (TPSA) is 57.1 Å². The molecule has 0 saturated carbocycles. The van der Waals surface area contributed by atoms with Gasteiger partial charge < -0.3 is 19.4 Å². The van der Waals surface area contributed by atoms with Crippen LogP contribution in [-0.2, 0) is 4.74 Å². The molecular weight excluding hydrogens is 479 g/mol. The van der Waals surface area contributed by atoms with Gasteiger partial charge in [-0.2, -0.15) is 0 Å². The molecule has 1 aromatic rings. The number of hydrogen-bond acceptors (Lipinski definition) is 7. The minimum Gasteiger partial charge on any atom is -0.379 e. The van der Waals surface area contributed by atoms with Crippen LogP contribution in [-0.4, -0.2) is 85.0 Å². The van der Waals surface area contributed by atoms with Crippen LogP contribution in [0.15, 0.2) is 71.0 Å². The van der Waals surface area contributed by atoms with Crippen molar-refractivity contribution in [2.75, 3.05) is 57.9 Å². The van der Waals surface area contributed by atoms with E-state index in [1.54, 1.807) is 30.8 Å². The molecule has 2 saturated heterocycles. The van der Waals surface area contributed by atoms with E-state index in [9.17, 15) is 4.39 Å². The quantitative estimate of drug-likeness (QED) is 0.415. The first-order valence-corrected chi connectivity index (χ1v) is 12.6. The highest BCUT2D eigenvalue weighted by atomic mass is 35.5. The highest BCUT2D eigenvalue weighted by Crippen LogP contribution is 2.26. The summed E-state index contributed by atoms with van der Waals surface area (Å²) in [4.78, 5) is 20.0. The third-order valence-corrected chi connectivity index (χ3v) is 6.43. The van der Waals surface area contributed by atoms with Crippen LogP contribution in [0.4, 0.5) is 10.2 Å². The molecule has 1 unspecified atom stereocenters. The van der Waals surface area contributed by atoms with E-state index in [-0.39, 0.29) is 11.9 Å². The first-order valence-electron chi connectivity index (χ1n) is 12.3. The van der Waals surface area contributed by atoms with Crippen molar-refractivity contribution in [3.63, 3.8) is 0 Å². The fraction of sp³-hybridized carbons (Fsp3) is 0.444. The zero-order valence-corrected chi connectivity index (χ0v) is 22.2. The maximum atomic E-state index is 13.5. The summed E-state index contributed by atoms with van der Waals surface area (Å²) in [5.74, 6) is 1.43. The van der Waals surface area contributed by atoms with Crippen LogP contribution in [0, 0.1) is 0 Å². The van der Waals surface area contributed by atoms with Gasteiger partial charge in [0.2, 0.25) is 0 Å². The van der Waals surface area contributed by atoms with E-state index in [4.69, 9.17) is 16.3 Å². The van der Waals surface area contributed by atoms with Crippen LogP contribution in [0.25, 0.3) is 5.57 Å². The molecule has 3 heterocycles. The van der Waals surface area contributed by atoms with Gasteiger partial charge in [-0.1, -0.05) is 36.4 Å². The molecule has 0 aromatic carbocycles. The van der Waals surface area contributed by atoms with Crippen molar-refractivity contribution in [2.45, 2.75) is 26.3 Å². The molecule has 36 heavy (non-hydrogen) atoms. The van der Waals surface area contributed by atoms with Gasteiger partial charge in [-0.25, -0.2) is 19.4 Å². The van der Waals surface area contributed by atoms with Gasteiger partial charge in [0.1, 0.15) is 23.8 Å². The SMILES string of the molecule is C=C/C(Cl)=C(\N=C/C)N1CCN(c2cc(C3=CC=C(F)CC=C3)ncn2)C(C)C1.CN1CCOCC1. The number of rotatable bonds is 5. The molecule has 3 aliphatic rings. The highest BCUT2D eigenvalue weighted by molar-refractivity contribution is 6.31. The Hall–Kier alpha value is -2.81. The zero-order chi connectivity index (χ0) is 25.9. The Bertz CT molecular complexity index is 1040. The second-order valence-electron chi connectivity index (χ2n) is 8.77.